The van der Waals surface area contributed by atoms with Gasteiger partial charge < -0.3 is 4.74 Å². The lowest BCUT2D eigenvalue weighted by Gasteiger charge is -2.11. The summed E-state index contributed by atoms with van der Waals surface area (Å²) in [5.74, 6) is -1.29. The fraction of sp³-hybridized carbons (Fsp3) is 0.600. The van der Waals surface area contributed by atoms with Gasteiger partial charge in [0, 0.05) is 7.05 Å². The lowest BCUT2D eigenvalue weighted by Crippen LogP contribution is -2.26. The average Bonchev–Trinajstić information content (AvgIpc) is 2.16. The molecule has 0 aliphatic carbocycles. The normalized spacial score (nSPS) is 10.9. The highest BCUT2D eigenvalue weighted by Gasteiger charge is 2.13. The molecule has 16 heavy (non-hydrogen) atoms. The smallest absolute Gasteiger partial charge is 0.354 e. The molecule has 0 saturated carbocycles. The van der Waals surface area contributed by atoms with Gasteiger partial charge in [-0.15, -0.1) is 0 Å². The van der Waals surface area contributed by atoms with E-state index in [0.29, 0.717) is 0 Å². The van der Waals surface area contributed by atoms with E-state index in [-0.39, 0.29) is 24.5 Å². The zero-order valence-corrected chi connectivity index (χ0v) is 9.94. The Bertz CT molecular complexity index is 323. The fourth-order valence-corrected chi connectivity index (χ4v) is 0.885. The molecule has 0 fully saturated rings. The third-order valence-electron chi connectivity index (χ3n) is 1.63. The molecule has 90 valence electrons. The number of hydrogen-bond acceptors (Lipinski definition) is 5. The van der Waals surface area contributed by atoms with Gasteiger partial charge in [0.2, 0.25) is 5.91 Å². The van der Waals surface area contributed by atoms with Crippen molar-refractivity contribution in [3.63, 3.8) is 0 Å². The maximum absolute atomic E-state index is 11.3. The van der Waals surface area contributed by atoms with Crippen molar-refractivity contribution in [3.05, 3.63) is 0 Å². The van der Waals surface area contributed by atoms with Gasteiger partial charge in [0.25, 0.3) is 0 Å². The third-order valence-corrected chi connectivity index (χ3v) is 1.63. The molecular formula is C10H16N2O4. The molecule has 0 aromatic rings. The molecule has 0 saturated heterocycles. The molecule has 0 aliphatic rings. The van der Waals surface area contributed by atoms with Crippen molar-refractivity contribution in [1.29, 1.82) is 0 Å². The van der Waals surface area contributed by atoms with E-state index in [9.17, 15) is 14.4 Å². The van der Waals surface area contributed by atoms with Crippen molar-refractivity contribution >= 4 is 23.4 Å². The van der Waals surface area contributed by atoms with Crippen LogP contribution in [0.5, 0.6) is 0 Å². The quantitative estimate of drug-likeness (QED) is 0.295. The van der Waals surface area contributed by atoms with E-state index in [1.807, 2.05) is 0 Å². The fourth-order valence-electron chi connectivity index (χ4n) is 0.885. The van der Waals surface area contributed by atoms with E-state index in [1.54, 1.807) is 6.92 Å². The maximum atomic E-state index is 11.3. The van der Waals surface area contributed by atoms with E-state index in [0.717, 1.165) is 5.01 Å². The van der Waals surface area contributed by atoms with Crippen LogP contribution in [0.4, 0.5) is 0 Å². The predicted octanol–water partition coefficient (Wildman–Crippen LogP) is 0.363. The number of nitrogens with zero attached hydrogens (tertiary/aromatic N) is 2. The Morgan fingerprint density at radius 3 is 2.25 bits per heavy atom. The zero-order valence-electron chi connectivity index (χ0n) is 9.94. The van der Waals surface area contributed by atoms with Crippen molar-refractivity contribution in [2.75, 3.05) is 13.7 Å². The van der Waals surface area contributed by atoms with Gasteiger partial charge in [-0.3, -0.25) is 9.59 Å². The third kappa shape index (κ3) is 5.23. The lowest BCUT2D eigenvalue weighted by atomic mass is 10.3. The molecule has 0 rings (SSSR count). The van der Waals surface area contributed by atoms with Crippen LogP contribution in [0, 0.1) is 0 Å². The first-order chi connectivity index (χ1) is 7.38. The predicted molar refractivity (Wildman–Crippen MR) is 57.8 cm³/mol. The minimum atomic E-state index is -0.579. The van der Waals surface area contributed by atoms with Gasteiger partial charge in [-0.2, -0.15) is 5.10 Å². The standard InChI is InChI=1S/C10H16N2O4/c1-5-16-10(15)8(3)11-12(4)9(14)6-7(2)13/h5-6H2,1-4H3. The lowest BCUT2D eigenvalue weighted by molar-refractivity contribution is -0.135. The SMILES string of the molecule is CCOC(=O)C(C)=NN(C)C(=O)CC(C)=O. The van der Waals surface area contributed by atoms with Gasteiger partial charge in [-0.1, -0.05) is 0 Å². The highest BCUT2D eigenvalue weighted by Crippen LogP contribution is 1.95. The minimum absolute atomic E-state index is 0.0706. The van der Waals surface area contributed by atoms with Gasteiger partial charge >= 0.3 is 5.97 Å². The average molecular weight is 228 g/mol. The Labute approximate surface area is 94.2 Å². The van der Waals surface area contributed by atoms with Crippen LogP contribution in [0.2, 0.25) is 0 Å². The molecule has 0 spiro atoms. The summed E-state index contributed by atoms with van der Waals surface area (Å²) in [5.41, 5.74) is 0.0706. The Balaban J connectivity index is 4.45. The Kier molecular flexibility index (Phi) is 5.99. The van der Waals surface area contributed by atoms with Crippen LogP contribution in [-0.4, -0.2) is 42.0 Å². The van der Waals surface area contributed by atoms with Crippen LogP contribution in [0.15, 0.2) is 5.10 Å². The Hall–Kier alpha value is -1.72. The molecule has 0 N–H and O–H groups in total. The molecule has 6 heteroatoms. The first-order valence-electron chi connectivity index (χ1n) is 4.86. The summed E-state index contributed by atoms with van der Waals surface area (Å²) < 4.78 is 4.69. The van der Waals surface area contributed by atoms with Crippen LogP contribution in [0.3, 0.4) is 0 Å². The second kappa shape index (κ2) is 6.71. The van der Waals surface area contributed by atoms with Crippen molar-refractivity contribution < 1.29 is 19.1 Å². The number of carbonyl (C=O) groups is 3. The topological polar surface area (TPSA) is 76.0 Å². The van der Waals surface area contributed by atoms with Crippen LogP contribution >= 0.6 is 0 Å². The van der Waals surface area contributed by atoms with E-state index in [1.165, 1.54) is 20.9 Å². The molecule has 1 amide bonds. The summed E-state index contributed by atoms with van der Waals surface area (Å²) in [7, 11) is 1.38. The van der Waals surface area contributed by atoms with Crippen molar-refractivity contribution in [3.8, 4) is 0 Å². The number of ketones is 1. The molecule has 6 nitrogen and oxygen atoms in total. The number of ether oxygens (including phenoxy) is 1. The summed E-state index contributed by atoms with van der Waals surface area (Å²) >= 11 is 0. The van der Waals surface area contributed by atoms with Crippen molar-refractivity contribution in [2.24, 2.45) is 5.10 Å². The summed E-state index contributed by atoms with van der Waals surface area (Å²) in [6.45, 7) is 4.68. The number of esters is 1. The van der Waals surface area contributed by atoms with Gasteiger partial charge in [-0.25, -0.2) is 9.80 Å². The molecule has 0 atom stereocenters. The van der Waals surface area contributed by atoms with Crippen LogP contribution in [0.1, 0.15) is 27.2 Å². The first kappa shape index (κ1) is 14.3. The first-order valence-corrected chi connectivity index (χ1v) is 4.86. The van der Waals surface area contributed by atoms with Gasteiger partial charge in [0.15, 0.2) is 0 Å². The van der Waals surface area contributed by atoms with Crippen LogP contribution in [-0.2, 0) is 19.1 Å². The number of hydrogen-bond donors (Lipinski definition) is 0. The zero-order chi connectivity index (χ0) is 12.7. The van der Waals surface area contributed by atoms with Gasteiger partial charge in [0.1, 0.15) is 11.5 Å². The summed E-state index contributed by atoms with van der Waals surface area (Å²) in [6, 6.07) is 0. The Morgan fingerprint density at radius 2 is 1.81 bits per heavy atom. The van der Waals surface area contributed by atoms with E-state index in [4.69, 9.17) is 4.74 Å². The maximum Gasteiger partial charge on any atom is 0.354 e. The number of amides is 1. The molecule has 0 aromatic carbocycles. The minimum Gasteiger partial charge on any atom is -0.461 e. The van der Waals surface area contributed by atoms with Crippen LogP contribution < -0.4 is 0 Å². The Morgan fingerprint density at radius 1 is 1.25 bits per heavy atom. The summed E-state index contributed by atoms with van der Waals surface area (Å²) in [5, 5.41) is 4.69. The second-order valence-corrected chi connectivity index (χ2v) is 3.20. The van der Waals surface area contributed by atoms with Gasteiger partial charge in [0.05, 0.1) is 13.0 Å². The summed E-state index contributed by atoms with van der Waals surface area (Å²) in [6.07, 6.45) is -0.226. The molecule has 0 unspecified atom stereocenters. The van der Waals surface area contributed by atoms with Crippen LogP contribution in [0.25, 0.3) is 0 Å². The molecule has 0 bridgehead atoms. The van der Waals surface area contributed by atoms with Gasteiger partial charge in [-0.05, 0) is 20.8 Å². The molecular weight excluding hydrogens is 212 g/mol. The molecule has 0 radical (unpaired) electrons. The molecule has 0 aliphatic heterocycles. The molecule has 0 aromatic heterocycles. The number of hydrazone groups is 1. The van der Waals surface area contributed by atoms with Crippen molar-refractivity contribution in [1.82, 2.24) is 5.01 Å². The van der Waals surface area contributed by atoms with E-state index >= 15 is 0 Å². The van der Waals surface area contributed by atoms with E-state index in [2.05, 4.69) is 5.10 Å². The number of rotatable bonds is 5. The largest absolute Gasteiger partial charge is 0.461 e. The number of carbonyl (C=O) groups excluding carboxylic acids is 3. The van der Waals surface area contributed by atoms with Crippen molar-refractivity contribution in [2.45, 2.75) is 27.2 Å². The number of Topliss-reactive ketones (excluding diaryl/α,β-unsaturated/α-hetero) is 1. The second-order valence-electron chi connectivity index (χ2n) is 3.20. The highest BCUT2D eigenvalue weighted by atomic mass is 16.5. The highest BCUT2D eigenvalue weighted by molar-refractivity contribution is 6.35. The van der Waals surface area contributed by atoms with E-state index < -0.39 is 11.9 Å². The monoisotopic (exact) mass is 228 g/mol. The summed E-state index contributed by atoms with van der Waals surface area (Å²) in [4.78, 5) is 33.2. The molecule has 0 heterocycles.